The molecule has 0 aromatic heterocycles. The molecule has 2 N–H and O–H groups in total. The van der Waals surface area contributed by atoms with E-state index >= 15 is 0 Å². The van der Waals surface area contributed by atoms with Gasteiger partial charge in [-0.25, -0.2) is 13.8 Å². The Hall–Kier alpha value is -2.43. The van der Waals surface area contributed by atoms with Gasteiger partial charge < -0.3 is 20.3 Å². The summed E-state index contributed by atoms with van der Waals surface area (Å²) in [6.45, 7) is 3.82. The van der Waals surface area contributed by atoms with Crippen LogP contribution in [-0.4, -0.2) is 38.0 Å². The van der Waals surface area contributed by atoms with Crippen molar-refractivity contribution >= 4 is 41.5 Å². The number of ether oxygens (including phenoxy) is 1. The first-order valence-corrected chi connectivity index (χ1v) is 10.5. The molecule has 0 aliphatic carbocycles. The van der Waals surface area contributed by atoms with Crippen molar-refractivity contribution in [2.24, 2.45) is 4.99 Å². The van der Waals surface area contributed by atoms with Crippen LogP contribution in [0.1, 0.15) is 30.9 Å². The van der Waals surface area contributed by atoms with Crippen LogP contribution in [0.25, 0.3) is 0 Å². The number of nitrogens with zero attached hydrogens (tertiary/aromatic N) is 2. The molecule has 0 bridgehead atoms. The normalized spacial score (nSPS) is 13.8. The van der Waals surface area contributed by atoms with Gasteiger partial charge in [0.1, 0.15) is 12.4 Å². The zero-order valence-corrected chi connectivity index (χ0v) is 20.4. The minimum atomic E-state index is -2.50. The van der Waals surface area contributed by atoms with Crippen molar-refractivity contribution in [2.45, 2.75) is 39.3 Å². The smallest absolute Gasteiger partial charge is 0.272 e. The van der Waals surface area contributed by atoms with Crippen LogP contribution in [0.4, 0.5) is 14.5 Å². The van der Waals surface area contributed by atoms with E-state index < -0.39 is 13.0 Å². The van der Waals surface area contributed by atoms with Gasteiger partial charge in [0.05, 0.1) is 6.54 Å². The summed E-state index contributed by atoms with van der Waals surface area (Å²) >= 11 is 0. The molecule has 0 radical (unpaired) electrons. The average Bonchev–Trinajstić information content (AvgIpc) is 3.21. The van der Waals surface area contributed by atoms with Gasteiger partial charge in [0.15, 0.2) is 5.96 Å². The minimum absolute atomic E-state index is 0. The molecule has 0 unspecified atom stereocenters. The van der Waals surface area contributed by atoms with Crippen LogP contribution in [0.3, 0.4) is 0 Å². The quantitative estimate of drug-likeness (QED) is 0.273. The zero-order chi connectivity index (χ0) is 22.1. The second-order valence-corrected chi connectivity index (χ2v) is 7.21. The number of carbonyl (C=O) groups is 1. The highest BCUT2D eigenvalue weighted by atomic mass is 127. The van der Waals surface area contributed by atoms with Crippen LogP contribution < -0.4 is 20.3 Å². The number of guanidine groups is 1. The highest BCUT2D eigenvalue weighted by Gasteiger charge is 2.21. The minimum Gasteiger partial charge on any atom is -0.488 e. The standard InChI is InChI=1S/C23H28F2N4O2.HI/c1-2-26-23(28-15-18-5-3-6-20(13-18)31-16-21(24)25)27-14-17-8-10-19(11-9-17)29-12-4-7-22(29)30;/h3,5-6,8-11,13,21H,2,4,7,12,14-16H2,1H3,(H2,26,27,28);1H. The van der Waals surface area contributed by atoms with Crippen molar-refractivity contribution in [1.82, 2.24) is 10.6 Å². The van der Waals surface area contributed by atoms with E-state index in [1.54, 1.807) is 18.2 Å². The van der Waals surface area contributed by atoms with Crippen LogP contribution in [-0.2, 0) is 17.9 Å². The van der Waals surface area contributed by atoms with Gasteiger partial charge in [-0.05, 0) is 48.7 Å². The van der Waals surface area contributed by atoms with Crippen molar-refractivity contribution in [3.63, 3.8) is 0 Å². The van der Waals surface area contributed by atoms with E-state index in [0.717, 1.165) is 29.8 Å². The fourth-order valence-electron chi connectivity index (χ4n) is 3.31. The van der Waals surface area contributed by atoms with Gasteiger partial charge in [0, 0.05) is 31.7 Å². The Morgan fingerprint density at radius 3 is 2.59 bits per heavy atom. The predicted molar refractivity (Wildman–Crippen MR) is 133 cm³/mol. The molecule has 0 spiro atoms. The second-order valence-electron chi connectivity index (χ2n) is 7.21. The number of aliphatic imine (C=N–C) groups is 1. The molecule has 1 fully saturated rings. The Labute approximate surface area is 204 Å². The molecule has 32 heavy (non-hydrogen) atoms. The van der Waals surface area contributed by atoms with E-state index in [9.17, 15) is 13.6 Å². The molecular weight excluding hydrogens is 529 g/mol. The molecule has 1 saturated heterocycles. The van der Waals surface area contributed by atoms with E-state index in [1.165, 1.54) is 0 Å². The lowest BCUT2D eigenvalue weighted by molar-refractivity contribution is -0.117. The lowest BCUT2D eigenvalue weighted by atomic mass is 10.2. The number of carbonyl (C=O) groups excluding carboxylic acids is 1. The summed E-state index contributed by atoms with van der Waals surface area (Å²) in [7, 11) is 0. The summed E-state index contributed by atoms with van der Waals surface area (Å²) in [5.41, 5.74) is 2.87. The molecule has 3 rings (SSSR count). The van der Waals surface area contributed by atoms with Gasteiger partial charge in [-0.2, -0.15) is 0 Å². The van der Waals surface area contributed by atoms with Crippen LogP contribution in [0, 0.1) is 0 Å². The predicted octanol–water partition coefficient (Wildman–Crippen LogP) is 4.33. The maximum atomic E-state index is 12.3. The molecule has 1 amide bonds. The maximum Gasteiger partial charge on any atom is 0.272 e. The van der Waals surface area contributed by atoms with Crippen LogP contribution in [0.5, 0.6) is 5.75 Å². The van der Waals surface area contributed by atoms with E-state index in [0.29, 0.717) is 37.8 Å². The summed E-state index contributed by atoms with van der Waals surface area (Å²) in [5.74, 6) is 1.24. The van der Waals surface area contributed by atoms with E-state index in [4.69, 9.17) is 4.74 Å². The van der Waals surface area contributed by atoms with Gasteiger partial charge in [-0.1, -0.05) is 24.3 Å². The van der Waals surface area contributed by atoms with Gasteiger partial charge in [0.2, 0.25) is 5.91 Å². The van der Waals surface area contributed by atoms with Gasteiger partial charge in [-0.3, -0.25) is 4.79 Å². The number of amides is 1. The first-order chi connectivity index (χ1) is 15.0. The van der Waals surface area contributed by atoms with E-state index in [1.807, 2.05) is 42.2 Å². The largest absolute Gasteiger partial charge is 0.488 e. The fraction of sp³-hybridized carbons (Fsp3) is 0.391. The summed E-state index contributed by atoms with van der Waals surface area (Å²) in [6, 6.07) is 14.9. The highest BCUT2D eigenvalue weighted by molar-refractivity contribution is 14.0. The molecule has 1 aliphatic heterocycles. The molecule has 9 heteroatoms. The van der Waals surface area contributed by atoms with Crippen LogP contribution in [0.15, 0.2) is 53.5 Å². The number of rotatable bonds is 9. The third kappa shape index (κ3) is 7.92. The molecular formula is C23H29F2IN4O2. The fourth-order valence-corrected chi connectivity index (χ4v) is 3.31. The van der Waals surface area contributed by atoms with Crippen molar-refractivity contribution in [3.8, 4) is 5.75 Å². The zero-order valence-electron chi connectivity index (χ0n) is 18.0. The SMILES string of the molecule is CCNC(=NCc1cccc(OCC(F)F)c1)NCc1ccc(N2CCCC2=O)cc1.I. The number of nitrogens with one attached hydrogen (secondary N) is 2. The first-order valence-electron chi connectivity index (χ1n) is 10.5. The molecule has 174 valence electrons. The Bertz CT molecular complexity index is 894. The average molecular weight is 558 g/mol. The topological polar surface area (TPSA) is 66.0 Å². The Balaban J connectivity index is 0.00000363. The van der Waals surface area contributed by atoms with Crippen LogP contribution >= 0.6 is 24.0 Å². The molecule has 2 aromatic rings. The second kappa shape index (κ2) is 13.2. The van der Waals surface area contributed by atoms with E-state index in [-0.39, 0.29) is 29.9 Å². The monoisotopic (exact) mass is 558 g/mol. The number of benzene rings is 2. The summed E-state index contributed by atoms with van der Waals surface area (Å²) in [5, 5.41) is 6.48. The van der Waals surface area contributed by atoms with Crippen LogP contribution in [0.2, 0.25) is 0 Å². The van der Waals surface area contributed by atoms with Crippen molar-refractivity contribution in [3.05, 3.63) is 59.7 Å². The Kier molecular flexibility index (Phi) is 10.6. The first kappa shape index (κ1) is 25.8. The summed E-state index contributed by atoms with van der Waals surface area (Å²) in [6.07, 6.45) is -0.977. The van der Waals surface area contributed by atoms with E-state index in [2.05, 4.69) is 15.6 Å². The lowest BCUT2D eigenvalue weighted by Crippen LogP contribution is -2.36. The maximum absolute atomic E-state index is 12.3. The Morgan fingerprint density at radius 1 is 1.16 bits per heavy atom. The summed E-state index contributed by atoms with van der Waals surface area (Å²) in [4.78, 5) is 18.3. The molecule has 2 aromatic carbocycles. The number of hydrogen-bond acceptors (Lipinski definition) is 3. The van der Waals surface area contributed by atoms with Crippen molar-refractivity contribution < 1.29 is 18.3 Å². The molecule has 0 saturated carbocycles. The third-order valence-corrected chi connectivity index (χ3v) is 4.82. The van der Waals surface area contributed by atoms with Gasteiger partial charge >= 0.3 is 0 Å². The van der Waals surface area contributed by atoms with Crippen molar-refractivity contribution in [1.29, 1.82) is 0 Å². The molecule has 1 aliphatic rings. The van der Waals surface area contributed by atoms with Crippen molar-refractivity contribution in [2.75, 3.05) is 24.6 Å². The number of hydrogen-bond donors (Lipinski definition) is 2. The van der Waals surface area contributed by atoms with Gasteiger partial charge in [0.25, 0.3) is 6.43 Å². The lowest BCUT2D eigenvalue weighted by Gasteiger charge is -2.16. The Morgan fingerprint density at radius 2 is 1.94 bits per heavy atom. The number of halogens is 3. The third-order valence-electron chi connectivity index (χ3n) is 4.82. The molecule has 0 atom stereocenters. The number of anilines is 1. The number of alkyl halides is 2. The molecule has 1 heterocycles. The van der Waals surface area contributed by atoms with Gasteiger partial charge in [-0.15, -0.1) is 24.0 Å². The molecule has 6 nitrogen and oxygen atoms in total. The summed E-state index contributed by atoms with van der Waals surface area (Å²) < 4.78 is 29.7. The highest BCUT2D eigenvalue weighted by Crippen LogP contribution is 2.21.